The monoisotopic (exact) mass is 494 g/mol. The molecule has 186 valence electrons. The Hall–Kier alpha value is -2.68. The highest BCUT2D eigenvalue weighted by molar-refractivity contribution is 7.99. The van der Waals surface area contributed by atoms with Crippen molar-refractivity contribution < 1.29 is 27.6 Å². The maximum Gasteiger partial charge on any atom is 0.252 e. The van der Waals surface area contributed by atoms with Crippen LogP contribution in [-0.4, -0.2) is 35.4 Å². The quantitative estimate of drug-likeness (QED) is 0.391. The molecule has 2 N–H and O–H groups in total. The molecule has 2 aromatic rings. The molecule has 0 radical (unpaired) electrons. The molecule has 0 saturated carbocycles. The van der Waals surface area contributed by atoms with E-state index in [1.54, 1.807) is 12.3 Å². The minimum absolute atomic E-state index is 0.0645. The predicted octanol–water partition coefficient (Wildman–Crippen LogP) is 4.88. The fraction of sp³-hybridized carbons (Fsp3) is 0.480. The molecule has 2 atom stereocenters. The molecule has 2 amide bonds. The molecule has 1 aromatic heterocycles. The number of furan rings is 1. The van der Waals surface area contributed by atoms with Gasteiger partial charge < -0.3 is 15.1 Å². The fourth-order valence-corrected chi connectivity index (χ4v) is 4.19. The van der Waals surface area contributed by atoms with E-state index in [2.05, 4.69) is 10.6 Å². The van der Waals surface area contributed by atoms with Crippen LogP contribution in [0.4, 0.5) is 8.78 Å². The van der Waals surface area contributed by atoms with Gasteiger partial charge >= 0.3 is 0 Å². The Bertz CT molecular complexity index is 950. The van der Waals surface area contributed by atoms with Crippen LogP contribution in [0.15, 0.2) is 41.0 Å². The molecule has 0 aliphatic heterocycles. The highest BCUT2D eigenvalue weighted by Gasteiger charge is 2.27. The maximum absolute atomic E-state index is 13.5. The second-order valence-corrected chi connectivity index (χ2v) is 9.51. The second-order valence-electron chi connectivity index (χ2n) is 8.53. The van der Waals surface area contributed by atoms with Gasteiger partial charge in [0.05, 0.1) is 23.8 Å². The predicted molar refractivity (Wildman–Crippen MR) is 128 cm³/mol. The number of ketones is 1. The van der Waals surface area contributed by atoms with Crippen LogP contribution in [0.1, 0.15) is 62.6 Å². The Labute approximate surface area is 203 Å². The molecule has 0 unspecified atom stereocenters. The summed E-state index contributed by atoms with van der Waals surface area (Å²) in [4.78, 5) is 38.5. The van der Waals surface area contributed by atoms with Gasteiger partial charge in [-0.2, -0.15) is 0 Å². The summed E-state index contributed by atoms with van der Waals surface area (Å²) in [5.74, 6) is -1.88. The van der Waals surface area contributed by atoms with Gasteiger partial charge in [-0.05, 0) is 49.1 Å². The zero-order valence-electron chi connectivity index (χ0n) is 19.7. The molecule has 1 heterocycles. The highest BCUT2D eigenvalue weighted by atomic mass is 32.2. The van der Waals surface area contributed by atoms with Crippen LogP contribution >= 0.6 is 11.8 Å². The zero-order chi connectivity index (χ0) is 25.1. The lowest BCUT2D eigenvalue weighted by Crippen LogP contribution is -2.52. The van der Waals surface area contributed by atoms with Gasteiger partial charge in [0, 0.05) is 5.56 Å². The van der Waals surface area contributed by atoms with Gasteiger partial charge in [0.2, 0.25) is 5.91 Å². The Morgan fingerprint density at radius 3 is 2.44 bits per heavy atom. The molecule has 0 fully saturated rings. The smallest absolute Gasteiger partial charge is 0.252 e. The number of nitrogens with one attached hydrogen (secondary N) is 2. The number of amides is 2. The Balaban J connectivity index is 2.04. The second kappa shape index (κ2) is 13.9. The van der Waals surface area contributed by atoms with Gasteiger partial charge in [0.15, 0.2) is 17.4 Å². The van der Waals surface area contributed by atoms with E-state index in [9.17, 15) is 23.2 Å². The first-order valence-electron chi connectivity index (χ1n) is 11.4. The molecular weight excluding hydrogens is 462 g/mol. The van der Waals surface area contributed by atoms with Crippen molar-refractivity contribution >= 4 is 29.4 Å². The topological polar surface area (TPSA) is 88.4 Å². The third-order valence-electron chi connectivity index (χ3n) is 5.13. The summed E-state index contributed by atoms with van der Waals surface area (Å²) in [6.07, 6.45) is 4.01. The lowest BCUT2D eigenvalue weighted by Gasteiger charge is -2.24. The molecule has 1 aromatic carbocycles. The lowest BCUT2D eigenvalue weighted by atomic mass is 10.0. The maximum atomic E-state index is 13.5. The summed E-state index contributed by atoms with van der Waals surface area (Å²) in [5, 5.41) is 5.41. The first kappa shape index (κ1) is 27.6. The molecule has 0 spiro atoms. The van der Waals surface area contributed by atoms with Crippen molar-refractivity contribution in [1.29, 1.82) is 0 Å². The van der Waals surface area contributed by atoms with Crippen LogP contribution in [0.25, 0.3) is 0 Å². The third-order valence-corrected chi connectivity index (χ3v) is 6.11. The minimum atomic E-state index is -1.14. The van der Waals surface area contributed by atoms with E-state index in [1.807, 2.05) is 26.8 Å². The van der Waals surface area contributed by atoms with E-state index in [-0.39, 0.29) is 23.0 Å². The molecule has 6 nitrogen and oxygen atoms in total. The van der Waals surface area contributed by atoms with E-state index in [1.165, 1.54) is 11.8 Å². The van der Waals surface area contributed by atoms with Crippen molar-refractivity contribution in [3.05, 3.63) is 59.6 Å². The van der Waals surface area contributed by atoms with E-state index < -0.39 is 35.5 Å². The average molecular weight is 495 g/mol. The third kappa shape index (κ3) is 8.93. The van der Waals surface area contributed by atoms with Crippen LogP contribution in [-0.2, 0) is 15.3 Å². The average Bonchev–Trinajstić information content (AvgIpc) is 3.30. The van der Waals surface area contributed by atoms with Gasteiger partial charge in [-0.3, -0.25) is 14.4 Å². The van der Waals surface area contributed by atoms with Gasteiger partial charge in [-0.15, -0.1) is 11.8 Å². The molecular formula is C25H32F2N2O4S. The van der Waals surface area contributed by atoms with E-state index in [0.717, 1.165) is 36.8 Å². The Kier molecular flexibility index (Phi) is 11.3. The largest absolute Gasteiger partial charge is 0.468 e. The summed E-state index contributed by atoms with van der Waals surface area (Å²) in [6, 6.07) is 4.83. The van der Waals surface area contributed by atoms with Crippen LogP contribution in [0.3, 0.4) is 0 Å². The van der Waals surface area contributed by atoms with Crippen molar-refractivity contribution in [3.8, 4) is 0 Å². The van der Waals surface area contributed by atoms with Crippen molar-refractivity contribution in [1.82, 2.24) is 10.6 Å². The number of benzene rings is 1. The zero-order valence-corrected chi connectivity index (χ0v) is 20.6. The van der Waals surface area contributed by atoms with Gasteiger partial charge in [-0.25, -0.2) is 8.78 Å². The molecule has 0 aliphatic carbocycles. The summed E-state index contributed by atoms with van der Waals surface area (Å²) < 4.78 is 32.0. The number of unbranched alkanes of at least 4 members (excludes halogenated alkanes) is 1. The number of thioether (sulfide) groups is 1. The van der Waals surface area contributed by atoms with E-state index in [4.69, 9.17) is 4.42 Å². The number of carbonyl (C=O) groups is 3. The number of hydrogen-bond donors (Lipinski definition) is 2. The molecule has 0 bridgehead atoms. The molecule has 9 heteroatoms. The van der Waals surface area contributed by atoms with Crippen LogP contribution in [0.2, 0.25) is 0 Å². The summed E-state index contributed by atoms with van der Waals surface area (Å²) in [5.41, 5.74) is -0.0895. The van der Waals surface area contributed by atoms with Crippen molar-refractivity contribution in [2.24, 2.45) is 5.92 Å². The Morgan fingerprint density at radius 2 is 1.82 bits per heavy atom. The molecule has 34 heavy (non-hydrogen) atoms. The number of Topliss-reactive ketones (excluding diaryl/α,β-unsaturated/α-hetero) is 1. The van der Waals surface area contributed by atoms with Crippen molar-refractivity contribution in [2.75, 3.05) is 5.75 Å². The first-order valence-corrected chi connectivity index (χ1v) is 12.6. The number of rotatable bonds is 14. The summed E-state index contributed by atoms with van der Waals surface area (Å²) >= 11 is 1.41. The van der Waals surface area contributed by atoms with E-state index >= 15 is 0 Å². The van der Waals surface area contributed by atoms with Gasteiger partial charge in [0.1, 0.15) is 11.8 Å². The lowest BCUT2D eigenvalue weighted by molar-refractivity contribution is -0.128. The molecule has 2 rings (SSSR count). The van der Waals surface area contributed by atoms with Crippen LogP contribution < -0.4 is 10.6 Å². The highest BCUT2D eigenvalue weighted by Crippen LogP contribution is 2.15. The van der Waals surface area contributed by atoms with Crippen molar-refractivity contribution in [3.63, 3.8) is 0 Å². The normalized spacial score (nSPS) is 12.9. The number of halogens is 2. The number of carbonyl (C=O) groups excluding carboxylic acids is 3. The van der Waals surface area contributed by atoms with Crippen LogP contribution in [0.5, 0.6) is 0 Å². The Morgan fingerprint density at radius 1 is 1.06 bits per heavy atom. The van der Waals surface area contributed by atoms with Gasteiger partial charge in [-0.1, -0.05) is 33.6 Å². The number of hydrogen-bond acceptors (Lipinski definition) is 5. The van der Waals surface area contributed by atoms with Gasteiger partial charge in [0.25, 0.3) is 5.91 Å². The fourth-order valence-electron chi connectivity index (χ4n) is 3.32. The molecule has 0 aliphatic rings. The van der Waals surface area contributed by atoms with Crippen LogP contribution in [0, 0.1) is 17.6 Å². The summed E-state index contributed by atoms with van der Waals surface area (Å²) in [7, 11) is 0. The first-order chi connectivity index (χ1) is 16.2. The standard InChI is InChI=1S/C25H32F2N2O4S/c1-4-5-8-21(23(30)15-34-14-18-7-6-11-33-18)28-25(32)22(12-16(2)3)29-24(31)17-9-10-19(26)20(27)13-17/h6-7,9-11,13,16,21-22H,4-5,8,12,14-15H2,1-3H3,(H,28,32)(H,29,31)/t21-,22-/m0/s1. The van der Waals surface area contributed by atoms with Crippen molar-refractivity contribution in [2.45, 2.75) is 64.3 Å². The molecule has 0 saturated heterocycles. The minimum Gasteiger partial charge on any atom is -0.468 e. The SMILES string of the molecule is CCCC[C@H](NC(=O)[C@H](CC(C)C)NC(=O)c1ccc(F)c(F)c1)C(=O)CSCc1ccco1. The summed E-state index contributed by atoms with van der Waals surface area (Å²) in [6.45, 7) is 5.79. The van der Waals surface area contributed by atoms with E-state index in [0.29, 0.717) is 18.6 Å².